The van der Waals surface area contributed by atoms with Crippen molar-refractivity contribution in [3.63, 3.8) is 0 Å². The molecule has 94 valence electrons. The predicted octanol–water partition coefficient (Wildman–Crippen LogP) is 3.13. The molecule has 0 aromatic carbocycles. The highest BCUT2D eigenvalue weighted by Gasteiger charge is 2.19. The second kappa shape index (κ2) is 5.39. The van der Waals surface area contributed by atoms with E-state index in [0.29, 0.717) is 6.04 Å². The maximum atomic E-state index is 6.03. The molecule has 3 heteroatoms. The van der Waals surface area contributed by atoms with Crippen LogP contribution in [0.15, 0.2) is 12.1 Å². The third-order valence-electron chi connectivity index (χ3n) is 3.75. The molecule has 3 nitrogen and oxygen atoms in total. The van der Waals surface area contributed by atoms with Crippen LogP contribution in [0.5, 0.6) is 0 Å². The molecule has 0 aliphatic heterocycles. The lowest BCUT2D eigenvalue weighted by molar-refractivity contribution is 0.549. The van der Waals surface area contributed by atoms with Crippen LogP contribution in [0.4, 0.5) is 11.5 Å². The van der Waals surface area contributed by atoms with Crippen molar-refractivity contribution in [2.45, 2.75) is 51.5 Å². The van der Waals surface area contributed by atoms with Crippen LogP contribution in [-0.4, -0.2) is 18.1 Å². The second-order valence-corrected chi connectivity index (χ2v) is 5.12. The maximum absolute atomic E-state index is 6.03. The highest BCUT2D eigenvalue weighted by molar-refractivity contribution is 5.62. The van der Waals surface area contributed by atoms with Crippen molar-refractivity contribution in [2.24, 2.45) is 0 Å². The van der Waals surface area contributed by atoms with E-state index in [9.17, 15) is 0 Å². The largest absolute Gasteiger partial charge is 0.396 e. The van der Waals surface area contributed by atoms with Gasteiger partial charge in [-0.3, -0.25) is 0 Å². The number of nitrogen functional groups attached to an aromatic ring is 1. The molecule has 0 unspecified atom stereocenters. The average Bonchev–Trinajstić information content (AvgIpc) is 2.60. The second-order valence-electron chi connectivity index (χ2n) is 5.12. The van der Waals surface area contributed by atoms with E-state index in [1.165, 1.54) is 38.5 Å². The summed E-state index contributed by atoms with van der Waals surface area (Å²) in [6.07, 6.45) is 7.96. The molecule has 0 spiro atoms. The normalized spacial score (nSPS) is 17.8. The Labute approximate surface area is 104 Å². The minimum absolute atomic E-state index is 0.606. The number of hydrogen-bond acceptors (Lipinski definition) is 3. The monoisotopic (exact) mass is 233 g/mol. The molecule has 1 fully saturated rings. The zero-order chi connectivity index (χ0) is 12.3. The summed E-state index contributed by atoms with van der Waals surface area (Å²) in [6.45, 7) is 2.02. The summed E-state index contributed by atoms with van der Waals surface area (Å²) in [7, 11) is 2.13. The molecule has 0 radical (unpaired) electrons. The fraction of sp³-hybridized carbons (Fsp3) is 0.643. The highest BCUT2D eigenvalue weighted by atomic mass is 15.2. The van der Waals surface area contributed by atoms with E-state index in [1.54, 1.807) is 0 Å². The highest BCUT2D eigenvalue weighted by Crippen LogP contribution is 2.27. The van der Waals surface area contributed by atoms with Crippen LogP contribution in [0.3, 0.4) is 0 Å². The van der Waals surface area contributed by atoms with Crippen molar-refractivity contribution in [1.82, 2.24) is 4.98 Å². The fourth-order valence-electron chi connectivity index (χ4n) is 2.65. The molecule has 0 atom stereocenters. The maximum Gasteiger partial charge on any atom is 0.152 e. The number of aryl methyl sites for hydroxylation is 1. The van der Waals surface area contributed by atoms with Gasteiger partial charge in [-0.25, -0.2) is 4.98 Å². The molecule has 1 aliphatic carbocycles. The quantitative estimate of drug-likeness (QED) is 0.798. The van der Waals surface area contributed by atoms with Gasteiger partial charge >= 0.3 is 0 Å². The number of anilines is 2. The Morgan fingerprint density at radius 1 is 1.18 bits per heavy atom. The first-order valence-electron chi connectivity index (χ1n) is 6.64. The van der Waals surface area contributed by atoms with E-state index in [4.69, 9.17) is 5.73 Å². The third-order valence-corrected chi connectivity index (χ3v) is 3.75. The summed E-state index contributed by atoms with van der Waals surface area (Å²) in [4.78, 5) is 6.86. The van der Waals surface area contributed by atoms with Crippen LogP contribution in [0.2, 0.25) is 0 Å². The van der Waals surface area contributed by atoms with Crippen LogP contribution < -0.4 is 10.6 Å². The van der Waals surface area contributed by atoms with E-state index in [2.05, 4.69) is 16.9 Å². The summed E-state index contributed by atoms with van der Waals surface area (Å²) >= 11 is 0. The zero-order valence-electron chi connectivity index (χ0n) is 10.9. The van der Waals surface area contributed by atoms with Crippen LogP contribution in [0.1, 0.15) is 44.2 Å². The smallest absolute Gasteiger partial charge is 0.152 e. The average molecular weight is 233 g/mol. The SMILES string of the molecule is Cc1ccc(N)c(N(C)C2CCCCCC2)n1. The molecule has 2 N–H and O–H groups in total. The van der Waals surface area contributed by atoms with E-state index in [-0.39, 0.29) is 0 Å². The Balaban J connectivity index is 2.16. The summed E-state index contributed by atoms with van der Waals surface area (Å²) < 4.78 is 0. The third kappa shape index (κ3) is 2.90. The molecule has 1 heterocycles. The van der Waals surface area contributed by atoms with Crippen LogP contribution in [0, 0.1) is 6.92 Å². The lowest BCUT2D eigenvalue weighted by Gasteiger charge is -2.29. The standard InChI is InChI=1S/C14H23N3/c1-11-9-10-13(15)14(16-11)17(2)12-7-5-3-4-6-8-12/h9-10,12H,3-8,15H2,1-2H3. The summed E-state index contributed by atoms with van der Waals surface area (Å²) in [5.74, 6) is 0.955. The van der Waals surface area contributed by atoms with Gasteiger partial charge in [0.1, 0.15) is 0 Å². The minimum atomic E-state index is 0.606. The Hall–Kier alpha value is -1.25. The first kappa shape index (κ1) is 12.2. The molecule has 1 saturated carbocycles. The summed E-state index contributed by atoms with van der Waals surface area (Å²) in [5.41, 5.74) is 7.86. The van der Waals surface area contributed by atoms with Gasteiger partial charge in [0.15, 0.2) is 5.82 Å². The van der Waals surface area contributed by atoms with E-state index in [1.807, 2.05) is 19.1 Å². The van der Waals surface area contributed by atoms with Gasteiger partial charge in [0.05, 0.1) is 5.69 Å². The lowest BCUT2D eigenvalue weighted by Crippen LogP contribution is -2.32. The molecule has 2 rings (SSSR count). The van der Waals surface area contributed by atoms with Crippen LogP contribution in [0.25, 0.3) is 0 Å². The molecule has 17 heavy (non-hydrogen) atoms. The first-order valence-corrected chi connectivity index (χ1v) is 6.64. The summed E-state index contributed by atoms with van der Waals surface area (Å²) in [5, 5.41) is 0. The molecule has 1 aromatic rings. The first-order chi connectivity index (χ1) is 8.18. The van der Waals surface area contributed by atoms with Crippen molar-refractivity contribution < 1.29 is 0 Å². The Bertz CT molecular complexity index is 368. The van der Waals surface area contributed by atoms with Gasteiger partial charge in [-0.15, -0.1) is 0 Å². The number of rotatable bonds is 2. The van der Waals surface area contributed by atoms with Gasteiger partial charge in [0.25, 0.3) is 0 Å². The Morgan fingerprint density at radius 2 is 1.82 bits per heavy atom. The molecule has 0 bridgehead atoms. The predicted molar refractivity (Wildman–Crippen MR) is 73.3 cm³/mol. The van der Waals surface area contributed by atoms with E-state index >= 15 is 0 Å². The zero-order valence-corrected chi connectivity index (χ0v) is 10.9. The topological polar surface area (TPSA) is 42.1 Å². The number of aromatic nitrogens is 1. The van der Waals surface area contributed by atoms with Gasteiger partial charge in [-0.05, 0) is 31.9 Å². The van der Waals surface area contributed by atoms with Crippen LogP contribution in [-0.2, 0) is 0 Å². The van der Waals surface area contributed by atoms with Crippen LogP contribution >= 0.6 is 0 Å². The lowest BCUT2D eigenvalue weighted by atomic mass is 10.1. The van der Waals surface area contributed by atoms with Gasteiger partial charge in [-0.2, -0.15) is 0 Å². The molecule has 1 aromatic heterocycles. The molecule has 0 saturated heterocycles. The van der Waals surface area contributed by atoms with Crippen molar-refractivity contribution in [2.75, 3.05) is 17.7 Å². The number of nitrogens with zero attached hydrogens (tertiary/aromatic N) is 2. The number of nitrogens with two attached hydrogens (primary N) is 1. The Morgan fingerprint density at radius 3 is 2.47 bits per heavy atom. The van der Waals surface area contributed by atoms with Crippen molar-refractivity contribution in [3.05, 3.63) is 17.8 Å². The van der Waals surface area contributed by atoms with Gasteiger partial charge in [0, 0.05) is 18.8 Å². The van der Waals surface area contributed by atoms with Gasteiger partial charge in [-0.1, -0.05) is 25.7 Å². The fourth-order valence-corrected chi connectivity index (χ4v) is 2.65. The molecular weight excluding hydrogens is 210 g/mol. The van der Waals surface area contributed by atoms with Gasteiger partial charge in [0.2, 0.25) is 0 Å². The minimum Gasteiger partial charge on any atom is -0.396 e. The number of pyridine rings is 1. The van der Waals surface area contributed by atoms with E-state index in [0.717, 1.165) is 17.2 Å². The van der Waals surface area contributed by atoms with Crippen molar-refractivity contribution >= 4 is 11.5 Å². The molecule has 1 aliphatic rings. The Kier molecular flexibility index (Phi) is 3.87. The molecular formula is C14H23N3. The van der Waals surface area contributed by atoms with Crippen molar-refractivity contribution in [1.29, 1.82) is 0 Å². The van der Waals surface area contributed by atoms with Crippen molar-refractivity contribution in [3.8, 4) is 0 Å². The molecule has 0 amide bonds. The van der Waals surface area contributed by atoms with Gasteiger partial charge < -0.3 is 10.6 Å². The number of hydrogen-bond donors (Lipinski definition) is 1. The summed E-state index contributed by atoms with van der Waals surface area (Å²) in [6, 6.07) is 4.54. The van der Waals surface area contributed by atoms with E-state index < -0.39 is 0 Å².